The predicted octanol–water partition coefficient (Wildman–Crippen LogP) is 2.66. The van der Waals surface area contributed by atoms with Gasteiger partial charge in [0.15, 0.2) is 0 Å². The Hall–Kier alpha value is -0.760. The summed E-state index contributed by atoms with van der Waals surface area (Å²) >= 11 is 0. The highest BCUT2D eigenvalue weighted by Gasteiger charge is 2.03. The van der Waals surface area contributed by atoms with E-state index in [2.05, 4.69) is 12.7 Å². The smallest absolute Gasteiger partial charge is 0.114 e. The zero-order valence-electron chi connectivity index (χ0n) is 8.34. The summed E-state index contributed by atoms with van der Waals surface area (Å²) in [5.74, 6) is 0.691. The van der Waals surface area contributed by atoms with Gasteiger partial charge in [0.2, 0.25) is 0 Å². The molecule has 0 aromatic carbocycles. The Morgan fingerprint density at radius 1 is 1.54 bits per heavy atom. The molecule has 13 heavy (non-hydrogen) atoms. The van der Waals surface area contributed by atoms with Crippen molar-refractivity contribution in [1.29, 1.82) is 0 Å². The van der Waals surface area contributed by atoms with Gasteiger partial charge in [0.25, 0.3) is 0 Å². The van der Waals surface area contributed by atoms with Gasteiger partial charge in [-0.25, -0.2) is 0 Å². The molecule has 0 bridgehead atoms. The molecular formula is C11H18O2. The molecule has 0 aromatic rings. The molecule has 0 unspecified atom stereocenters. The first kappa shape index (κ1) is 10.3. The standard InChI is InChI=1S/C11H18O2/c1-10(12-2)8-13-9-11-6-4-3-5-7-11/h6H,1,3-5,7-9H2,2H3. The van der Waals surface area contributed by atoms with Crippen molar-refractivity contribution in [2.24, 2.45) is 0 Å². The Labute approximate surface area is 80.2 Å². The van der Waals surface area contributed by atoms with Gasteiger partial charge in [-0.3, -0.25) is 0 Å². The SMILES string of the molecule is C=C(COCC1=CCCCC1)OC. The molecule has 2 nitrogen and oxygen atoms in total. The molecule has 0 N–H and O–H groups in total. The van der Waals surface area contributed by atoms with Crippen molar-refractivity contribution in [2.45, 2.75) is 25.7 Å². The maximum atomic E-state index is 5.43. The van der Waals surface area contributed by atoms with Crippen LogP contribution in [0.1, 0.15) is 25.7 Å². The van der Waals surface area contributed by atoms with Crippen LogP contribution in [0.25, 0.3) is 0 Å². The van der Waals surface area contributed by atoms with E-state index in [-0.39, 0.29) is 0 Å². The number of methoxy groups -OCH3 is 1. The van der Waals surface area contributed by atoms with Gasteiger partial charge in [0.1, 0.15) is 12.4 Å². The first-order chi connectivity index (χ1) is 6.33. The summed E-state index contributed by atoms with van der Waals surface area (Å²) in [5, 5.41) is 0. The molecule has 0 saturated heterocycles. The van der Waals surface area contributed by atoms with Crippen molar-refractivity contribution in [3.8, 4) is 0 Å². The molecule has 0 radical (unpaired) electrons. The minimum atomic E-state index is 0.508. The molecule has 0 aliphatic heterocycles. The van der Waals surface area contributed by atoms with Crippen molar-refractivity contribution < 1.29 is 9.47 Å². The summed E-state index contributed by atoms with van der Waals surface area (Å²) < 4.78 is 10.3. The Morgan fingerprint density at radius 2 is 2.38 bits per heavy atom. The van der Waals surface area contributed by atoms with E-state index in [9.17, 15) is 0 Å². The molecule has 0 fully saturated rings. The van der Waals surface area contributed by atoms with Crippen LogP contribution in [0.5, 0.6) is 0 Å². The number of hydrogen-bond donors (Lipinski definition) is 0. The van der Waals surface area contributed by atoms with E-state index in [0.717, 1.165) is 6.61 Å². The average molecular weight is 182 g/mol. The summed E-state index contributed by atoms with van der Waals surface area (Å²) in [6, 6.07) is 0. The van der Waals surface area contributed by atoms with E-state index in [4.69, 9.17) is 9.47 Å². The zero-order valence-corrected chi connectivity index (χ0v) is 8.34. The predicted molar refractivity (Wildman–Crippen MR) is 53.5 cm³/mol. The van der Waals surface area contributed by atoms with Gasteiger partial charge in [0, 0.05) is 0 Å². The molecule has 1 aliphatic rings. The first-order valence-corrected chi connectivity index (χ1v) is 4.80. The lowest BCUT2D eigenvalue weighted by Crippen LogP contribution is -2.04. The highest BCUT2D eigenvalue weighted by Crippen LogP contribution is 2.17. The van der Waals surface area contributed by atoms with Gasteiger partial charge >= 0.3 is 0 Å². The number of ether oxygens (including phenoxy) is 2. The Kier molecular flexibility index (Phi) is 4.61. The molecule has 2 heteroatoms. The highest BCUT2D eigenvalue weighted by atomic mass is 16.5. The summed E-state index contributed by atoms with van der Waals surface area (Å²) in [5.41, 5.74) is 1.43. The second kappa shape index (κ2) is 5.81. The third-order valence-electron chi connectivity index (χ3n) is 2.22. The van der Waals surface area contributed by atoms with Gasteiger partial charge in [0.05, 0.1) is 13.7 Å². The minimum absolute atomic E-state index is 0.508. The van der Waals surface area contributed by atoms with Crippen LogP contribution in [-0.4, -0.2) is 20.3 Å². The second-order valence-electron chi connectivity index (χ2n) is 3.34. The van der Waals surface area contributed by atoms with E-state index >= 15 is 0 Å². The van der Waals surface area contributed by atoms with Crippen LogP contribution in [-0.2, 0) is 9.47 Å². The lowest BCUT2D eigenvalue weighted by Gasteiger charge is -2.13. The van der Waals surface area contributed by atoms with Gasteiger partial charge in [-0.05, 0) is 31.3 Å². The molecule has 0 atom stereocenters. The molecular weight excluding hydrogens is 164 g/mol. The monoisotopic (exact) mass is 182 g/mol. The van der Waals surface area contributed by atoms with Crippen LogP contribution in [0.2, 0.25) is 0 Å². The molecule has 0 spiro atoms. The van der Waals surface area contributed by atoms with Crippen molar-refractivity contribution in [3.05, 3.63) is 24.0 Å². The third kappa shape index (κ3) is 4.13. The first-order valence-electron chi connectivity index (χ1n) is 4.80. The molecule has 74 valence electrons. The van der Waals surface area contributed by atoms with Gasteiger partial charge in [-0.15, -0.1) is 0 Å². The molecule has 0 heterocycles. The van der Waals surface area contributed by atoms with Crippen molar-refractivity contribution >= 4 is 0 Å². The average Bonchev–Trinajstić information content (AvgIpc) is 2.19. The summed E-state index contributed by atoms with van der Waals surface area (Å²) in [6.07, 6.45) is 7.33. The molecule has 1 rings (SSSR count). The van der Waals surface area contributed by atoms with E-state index in [1.54, 1.807) is 7.11 Å². The summed E-state index contributed by atoms with van der Waals surface area (Å²) in [4.78, 5) is 0. The van der Waals surface area contributed by atoms with Gasteiger partial charge in [-0.1, -0.05) is 12.7 Å². The fourth-order valence-electron chi connectivity index (χ4n) is 1.39. The van der Waals surface area contributed by atoms with Crippen LogP contribution in [0, 0.1) is 0 Å². The maximum absolute atomic E-state index is 5.43. The van der Waals surface area contributed by atoms with Crippen molar-refractivity contribution in [3.63, 3.8) is 0 Å². The number of hydrogen-bond acceptors (Lipinski definition) is 2. The van der Waals surface area contributed by atoms with E-state index in [1.165, 1.54) is 31.3 Å². The molecule has 0 aromatic heterocycles. The largest absolute Gasteiger partial charge is 0.499 e. The summed E-state index contributed by atoms with van der Waals surface area (Å²) in [6.45, 7) is 4.94. The van der Waals surface area contributed by atoms with Crippen LogP contribution in [0.15, 0.2) is 24.0 Å². The Bertz CT molecular complexity index is 194. The van der Waals surface area contributed by atoms with Crippen LogP contribution in [0.4, 0.5) is 0 Å². The quantitative estimate of drug-likeness (QED) is 0.480. The minimum Gasteiger partial charge on any atom is -0.499 e. The lowest BCUT2D eigenvalue weighted by atomic mass is 10.0. The lowest BCUT2D eigenvalue weighted by molar-refractivity contribution is 0.129. The molecule has 1 aliphatic carbocycles. The zero-order chi connectivity index (χ0) is 9.52. The molecule has 0 saturated carbocycles. The van der Waals surface area contributed by atoms with Gasteiger partial charge in [-0.2, -0.15) is 0 Å². The topological polar surface area (TPSA) is 18.5 Å². The normalized spacial score (nSPS) is 16.5. The number of rotatable bonds is 5. The Morgan fingerprint density at radius 3 is 3.00 bits per heavy atom. The van der Waals surface area contributed by atoms with Crippen LogP contribution in [0.3, 0.4) is 0 Å². The van der Waals surface area contributed by atoms with Crippen molar-refractivity contribution in [1.82, 2.24) is 0 Å². The fraction of sp³-hybridized carbons (Fsp3) is 0.636. The summed E-state index contributed by atoms with van der Waals surface area (Å²) in [7, 11) is 1.62. The van der Waals surface area contributed by atoms with Gasteiger partial charge < -0.3 is 9.47 Å². The van der Waals surface area contributed by atoms with E-state index < -0.39 is 0 Å². The highest BCUT2D eigenvalue weighted by molar-refractivity contribution is 5.05. The van der Waals surface area contributed by atoms with Crippen LogP contribution < -0.4 is 0 Å². The Balaban J connectivity index is 2.11. The molecule has 0 amide bonds. The van der Waals surface area contributed by atoms with E-state index in [1.807, 2.05) is 0 Å². The second-order valence-corrected chi connectivity index (χ2v) is 3.34. The van der Waals surface area contributed by atoms with Crippen LogP contribution >= 0.6 is 0 Å². The maximum Gasteiger partial charge on any atom is 0.114 e. The fourth-order valence-corrected chi connectivity index (χ4v) is 1.39. The van der Waals surface area contributed by atoms with E-state index in [0.29, 0.717) is 12.4 Å². The third-order valence-corrected chi connectivity index (χ3v) is 2.22. The number of allylic oxidation sites excluding steroid dienone is 1. The van der Waals surface area contributed by atoms with Crippen molar-refractivity contribution in [2.75, 3.05) is 20.3 Å².